The molecule has 25 heavy (non-hydrogen) atoms. The molecule has 0 saturated carbocycles. The van der Waals surface area contributed by atoms with Gasteiger partial charge >= 0.3 is 0 Å². The molecule has 1 unspecified atom stereocenters. The number of halogens is 2. The van der Waals surface area contributed by atoms with E-state index in [4.69, 9.17) is 25.8 Å². The number of methoxy groups -OCH3 is 3. The number of hydrogen-bond acceptors (Lipinski definition) is 4. The molecule has 0 aromatic heterocycles. The average Bonchev–Trinajstić information content (AvgIpc) is 2.84. The molecule has 3 rings (SSSR count). The molecule has 0 radical (unpaired) electrons. The van der Waals surface area contributed by atoms with Crippen LogP contribution in [0.15, 0.2) is 28.7 Å². The van der Waals surface area contributed by atoms with Gasteiger partial charge < -0.3 is 19.5 Å². The Morgan fingerprint density at radius 1 is 1.08 bits per heavy atom. The largest absolute Gasteiger partial charge is 0.495 e. The van der Waals surface area contributed by atoms with Crippen molar-refractivity contribution in [2.75, 3.05) is 34.4 Å². The minimum absolute atomic E-state index is 0.166. The van der Waals surface area contributed by atoms with Crippen LogP contribution in [0.5, 0.6) is 17.2 Å². The lowest BCUT2D eigenvalue weighted by atomic mass is 9.87. The molecule has 2 aromatic carbocycles. The van der Waals surface area contributed by atoms with E-state index in [1.165, 1.54) is 11.1 Å². The fourth-order valence-electron chi connectivity index (χ4n) is 3.33. The van der Waals surface area contributed by atoms with Crippen LogP contribution in [0.4, 0.5) is 0 Å². The van der Waals surface area contributed by atoms with Crippen LogP contribution >= 0.6 is 27.5 Å². The number of ether oxygens (including phenoxy) is 3. The molecule has 0 fully saturated rings. The quantitative estimate of drug-likeness (QED) is 0.786. The Hall–Kier alpha value is -1.43. The molecule has 1 aliphatic heterocycles. The molecule has 2 aromatic rings. The summed E-state index contributed by atoms with van der Waals surface area (Å²) >= 11 is 9.91. The van der Waals surface area contributed by atoms with Crippen molar-refractivity contribution in [3.8, 4) is 17.2 Å². The molecule has 0 bridgehead atoms. The van der Waals surface area contributed by atoms with Gasteiger partial charge in [-0.05, 0) is 63.8 Å². The number of fused-ring (bicyclic) bond motifs is 1. The number of hydrogen-bond donors (Lipinski definition) is 1. The van der Waals surface area contributed by atoms with Crippen LogP contribution < -0.4 is 19.5 Å². The third kappa shape index (κ3) is 3.46. The molecule has 0 spiro atoms. The number of nitrogens with one attached hydrogen (secondary N) is 1. The molecule has 1 heterocycles. The smallest absolute Gasteiger partial charge is 0.175 e. The first-order valence-electron chi connectivity index (χ1n) is 8.08. The van der Waals surface area contributed by atoms with Crippen molar-refractivity contribution in [3.05, 3.63) is 50.5 Å². The summed E-state index contributed by atoms with van der Waals surface area (Å²) < 4.78 is 17.4. The predicted octanol–water partition coefficient (Wildman–Crippen LogP) is 4.41. The summed E-state index contributed by atoms with van der Waals surface area (Å²) in [4.78, 5) is 0. The minimum atomic E-state index is 0.166. The third-order valence-corrected chi connectivity index (χ3v) is 5.75. The van der Waals surface area contributed by atoms with E-state index in [1.807, 2.05) is 12.1 Å². The highest BCUT2D eigenvalue weighted by Gasteiger charge is 2.26. The fraction of sp³-hybridized carbons (Fsp3) is 0.368. The monoisotopic (exact) mass is 425 g/mol. The lowest BCUT2D eigenvalue weighted by Gasteiger charge is -2.22. The lowest BCUT2D eigenvalue weighted by molar-refractivity contribution is 0.352. The van der Waals surface area contributed by atoms with Crippen LogP contribution in [-0.2, 0) is 6.42 Å². The van der Waals surface area contributed by atoms with Gasteiger partial charge in [-0.2, -0.15) is 0 Å². The highest BCUT2D eigenvalue weighted by molar-refractivity contribution is 9.10. The average molecular weight is 427 g/mol. The molecule has 1 aliphatic rings. The van der Waals surface area contributed by atoms with Crippen LogP contribution in [0.2, 0.25) is 5.02 Å². The van der Waals surface area contributed by atoms with Crippen molar-refractivity contribution in [2.24, 2.45) is 0 Å². The first-order valence-corrected chi connectivity index (χ1v) is 9.25. The maximum absolute atomic E-state index is 6.20. The Bertz CT molecular complexity index is 782. The van der Waals surface area contributed by atoms with Gasteiger partial charge in [0.25, 0.3) is 0 Å². The fourth-order valence-corrected chi connectivity index (χ4v) is 4.31. The zero-order valence-electron chi connectivity index (χ0n) is 14.5. The van der Waals surface area contributed by atoms with Crippen molar-refractivity contribution >= 4 is 27.5 Å². The molecule has 134 valence electrons. The molecule has 0 saturated heterocycles. The summed E-state index contributed by atoms with van der Waals surface area (Å²) in [5.41, 5.74) is 3.61. The van der Waals surface area contributed by atoms with Crippen molar-refractivity contribution < 1.29 is 14.2 Å². The molecule has 0 aliphatic carbocycles. The second-order valence-corrected chi connectivity index (χ2v) is 7.09. The second-order valence-electron chi connectivity index (χ2n) is 5.89. The van der Waals surface area contributed by atoms with Gasteiger partial charge in [0, 0.05) is 12.5 Å². The van der Waals surface area contributed by atoms with Crippen LogP contribution in [0.25, 0.3) is 0 Å². The Morgan fingerprint density at radius 2 is 1.84 bits per heavy atom. The SMILES string of the molecule is COc1cc(C2CNCCc3c2cc(OC)c(OC)c3Br)ccc1Cl. The minimum Gasteiger partial charge on any atom is -0.495 e. The maximum atomic E-state index is 6.20. The van der Waals surface area contributed by atoms with Crippen molar-refractivity contribution in [1.29, 1.82) is 0 Å². The summed E-state index contributed by atoms with van der Waals surface area (Å²) in [6.07, 6.45) is 0.914. The third-order valence-electron chi connectivity index (χ3n) is 4.60. The lowest BCUT2D eigenvalue weighted by Crippen LogP contribution is -2.20. The Morgan fingerprint density at radius 3 is 2.52 bits per heavy atom. The summed E-state index contributed by atoms with van der Waals surface area (Å²) in [5, 5.41) is 4.13. The highest BCUT2D eigenvalue weighted by Crippen LogP contribution is 2.44. The van der Waals surface area contributed by atoms with Gasteiger partial charge in [-0.15, -0.1) is 0 Å². The zero-order valence-corrected chi connectivity index (χ0v) is 16.8. The van der Waals surface area contributed by atoms with Gasteiger partial charge in [-0.1, -0.05) is 17.7 Å². The van der Waals surface area contributed by atoms with E-state index >= 15 is 0 Å². The van der Waals surface area contributed by atoms with E-state index < -0.39 is 0 Å². The Balaban J connectivity index is 2.17. The van der Waals surface area contributed by atoms with E-state index in [-0.39, 0.29) is 5.92 Å². The number of rotatable bonds is 4. The zero-order chi connectivity index (χ0) is 18.0. The van der Waals surface area contributed by atoms with E-state index in [1.54, 1.807) is 21.3 Å². The molecular weight excluding hydrogens is 406 g/mol. The molecule has 6 heteroatoms. The topological polar surface area (TPSA) is 39.7 Å². The standard InChI is InChI=1S/C19H21BrClNO3/c1-23-16-8-11(4-5-15(16)21)14-10-22-7-6-12-13(14)9-17(24-2)19(25-3)18(12)20/h4-5,8-9,14,22H,6-7,10H2,1-3H3. The Kier molecular flexibility index (Phi) is 5.77. The first kappa shape index (κ1) is 18.4. The van der Waals surface area contributed by atoms with Crippen molar-refractivity contribution in [1.82, 2.24) is 5.32 Å². The Labute approximate surface area is 161 Å². The summed E-state index contributed by atoms with van der Waals surface area (Å²) in [6, 6.07) is 8.03. The van der Waals surface area contributed by atoms with Crippen molar-refractivity contribution in [3.63, 3.8) is 0 Å². The second kappa shape index (κ2) is 7.85. The normalized spacial score (nSPS) is 16.8. The van der Waals surface area contributed by atoms with Crippen LogP contribution in [0.1, 0.15) is 22.6 Å². The van der Waals surface area contributed by atoms with Gasteiger partial charge in [0.2, 0.25) is 0 Å². The van der Waals surface area contributed by atoms with Gasteiger partial charge in [0.05, 0.1) is 30.8 Å². The maximum Gasteiger partial charge on any atom is 0.175 e. The van der Waals surface area contributed by atoms with Crippen LogP contribution in [-0.4, -0.2) is 34.4 Å². The molecule has 4 nitrogen and oxygen atoms in total. The molecule has 1 atom stereocenters. The van der Waals surface area contributed by atoms with Crippen LogP contribution in [0.3, 0.4) is 0 Å². The molecule has 1 N–H and O–H groups in total. The molecular formula is C19H21BrClNO3. The van der Waals surface area contributed by atoms with E-state index in [0.29, 0.717) is 10.8 Å². The van der Waals surface area contributed by atoms with E-state index in [0.717, 1.165) is 41.0 Å². The highest BCUT2D eigenvalue weighted by atomic mass is 79.9. The van der Waals surface area contributed by atoms with Crippen LogP contribution in [0, 0.1) is 0 Å². The first-order chi connectivity index (χ1) is 12.1. The molecule has 0 amide bonds. The van der Waals surface area contributed by atoms with Gasteiger partial charge in [-0.25, -0.2) is 0 Å². The van der Waals surface area contributed by atoms with Gasteiger partial charge in [0.1, 0.15) is 5.75 Å². The van der Waals surface area contributed by atoms with Gasteiger partial charge in [0.15, 0.2) is 11.5 Å². The van der Waals surface area contributed by atoms with Gasteiger partial charge in [-0.3, -0.25) is 0 Å². The number of benzene rings is 2. The van der Waals surface area contributed by atoms with Crippen molar-refractivity contribution in [2.45, 2.75) is 12.3 Å². The summed E-state index contributed by atoms with van der Waals surface area (Å²) in [5.74, 6) is 2.31. The summed E-state index contributed by atoms with van der Waals surface area (Å²) in [7, 11) is 4.95. The predicted molar refractivity (Wildman–Crippen MR) is 104 cm³/mol. The summed E-state index contributed by atoms with van der Waals surface area (Å²) in [6.45, 7) is 1.74. The van der Waals surface area contributed by atoms with E-state index in [2.05, 4.69) is 33.4 Å². The van der Waals surface area contributed by atoms with E-state index in [9.17, 15) is 0 Å².